The average molecular weight is 422 g/mol. The van der Waals surface area contributed by atoms with E-state index < -0.39 is 21.4 Å². The molecule has 10 heteroatoms. The summed E-state index contributed by atoms with van der Waals surface area (Å²) < 4.78 is 45.3. The summed E-state index contributed by atoms with van der Waals surface area (Å²) in [5.41, 5.74) is -0.816. The number of hydrogen-bond acceptors (Lipinski definition) is 5. The van der Waals surface area contributed by atoms with Crippen molar-refractivity contribution in [2.75, 3.05) is 46.4 Å². The van der Waals surface area contributed by atoms with Crippen molar-refractivity contribution < 1.29 is 22.3 Å². The van der Waals surface area contributed by atoms with Gasteiger partial charge >= 0.3 is 0 Å². The first-order valence-corrected chi connectivity index (χ1v) is 10.1. The lowest BCUT2D eigenvalue weighted by molar-refractivity contribution is -0.159. The average Bonchev–Trinajstić information content (AvgIpc) is 2.68. The van der Waals surface area contributed by atoms with Crippen molar-refractivity contribution in [2.24, 2.45) is 0 Å². The van der Waals surface area contributed by atoms with E-state index in [4.69, 9.17) is 4.74 Å². The second-order valence-corrected chi connectivity index (χ2v) is 8.54. The van der Waals surface area contributed by atoms with Gasteiger partial charge in [0.15, 0.2) is 0 Å². The zero-order valence-corrected chi connectivity index (χ0v) is 16.8. The van der Waals surface area contributed by atoms with Crippen LogP contribution in [0.3, 0.4) is 0 Å². The highest BCUT2D eigenvalue weighted by molar-refractivity contribution is 7.89. The fourth-order valence-corrected chi connectivity index (χ4v) is 4.93. The summed E-state index contributed by atoms with van der Waals surface area (Å²) in [7, 11) is -2.13. The van der Waals surface area contributed by atoms with Crippen LogP contribution in [-0.4, -0.2) is 75.5 Å². The van der Waals surface area contributed by atoms with Gasteiger partial charge in [-0.05, 0) is 50.2 Å². The number of amides is 1. The van der Waals surface area contributed by atoms with Gasteiger partial charge in [-0.1, -0.05) is 0 Å². The Bertz CT molecular complexity index is 746. The maximum Gasteiger partial charge on any atom is 0.254 e. The van der Waals surface area contributed by atoms with Crippen molar-refractivity contribution >= 4 is 28.3 Å². The van der Waals surface area contributed by atoms with Crippen LogP contribution in [0.15, 0.2) is 29.2 Å². The number of hydrogen-bond donors (Lipinski definition) is 1. The van der Waals surface area contributed by atoms with Crippen LogP contribution < -0.4 is 5.32 Å². The molecule has 0 spiro atoms. The van der Waals surface area contributed by atoms with Crippen molar-refractivity contribution in [1.82, 2.24) is 14.5 Å². The zero-order valence-electron chi connectivity index (χ0n) is 15.2. The quantitative estimate of drug-likeness (QED) is 0.779. The van der Waals surface area contributed by atoms with Gasteiger partial charge in [-0.25, -0.2) is 12.8 Å². The van der Waals surface area contributed by atoms with Gasteiger partial charge in [-0.3, -0.25) is 4.79 Å². The molecular formula is C17H25ClFN3O4S. The second kappa shape index (κ2) is 8.83. The molecule has 152 valence electrons. The number of piperazine rings is 1. The molecule has 2 heterocycles. The monoisotopic (exact) mass is 421 g/mol. The minimum absolute atomic E-state index is 0. The van der Waals surface area contributed by atoms with Gasteiger partial charge in [-0.2, -0.15) is 4.31 Å². The van der Waals surface area contributed by atoms with E-state index in [-0.39, 0.29) is 36.3 Å². The molecule has 0 saturated carbocycles. The molecule has 27 heavy (non-hydrogen) atoms. The zero-order chi connectivity index (χ0) is 18.8. The molecular weight excluding hydrogens is 397 g/mol. The summed E-state index contributed by atoms with van der Waals surface area (Å²) in [6, 6.07) is 4.78. The minimum atomic E-state index is -3.69. The van der Waals surface area contributed by atoms with Gasteiger partial charge in [-0.15, -0.1) is 12.4 Å². The number of methoxy groups -OCH3 is 1. The third-order valence-corrected chi connectivity index (χ3v) is 7.08. The van der Waals surface area contributed by atoms with E-state index in [1.807, 2.05) is 0 Å². The summed E-state index contributed by atoms with van der Waals surface area (Å²) in [5, 5.41) is 3.22. The number of nitrogens with zero attached hydrogens (tertiary/aromatic N) is 2. The molecule has 0 atom stereocenters. The van der Waals surface area contributed by atoms with E-state index in [0.29, 0.717) is 25.9 Å². The largest absolute Gasteiger partial charge is 0.368 e. The van der Waals surface area contributed by atoms with Crippen LogP contribution >= 0.6 is 12.4 Å². The molecule has 2 aliphatic rings. The molecule has 1 amide bonds. The lowest BCUT2D eigenvalue weighted by atomic mass is 9.90. The molecule has 0 unspecified atom stereocenters. The fourth-order valence-electron chi connectivity index (χ4n) is 3.51. The Kier molecular flexibility index (Phi) is 7.20. The van der Waals surface area contributed by atoms with Crippen LogP contribution in [0.25, 0.3) is 0 Å². The first kappa shape index (κ1) is 22.0. The SMILES string of the molecule is COC1(C(=O)N2CCN(S(=O)(=O)c3ccc(F)cc3)CC2)CCNCC1.Cl. The Morgan fingerprint density at radius 1 is 1.11 bits per heavy atom. The molecule has 2 saturated heterocycles. The maximum atomic E-state index is 13.0. The van der Waals surface area contributed by atoms with E-state index in [9.17, 15) is 17.6 Å². The van der Waals surface area contributed by atoms with Gasteiger partial charge in [0, 0.05) is 33.3 Å². The summed E-state index contributed by atoms with van der Waals surface area (Å²) in [6.07, 6.45) is 1.22. The van der Waals surface area contributed by atoms with Crippen LogP contribution in [0.4, 0.5) is 4.39 Å². The van der Waals surface area contributed by atoms with Crippen LogP contribution in [-0.2, 0) is 19.6 Å². The first-order valence-electron chi connectivity index (χ1n) is 8.70. The molecule has 0 radical (unpaired) electrons. The third-order valence-electron chi connectivity index (χ3n) is 5.17. The van der Waals surface area contributed by atoms with Gasteiger partial charge in [0.2, 0.25) is 10.0 Å². The molecule has 7 nitrogen and oxygen atoms in total. The smallest absolute Gasteiger partial charge is 0.254 e. The molecule has 0 aliphatic carbocycles. The maximum absolute atomic E-state index is 13.0. The first-order chi connectivity index (χ1) is 12.4. The van der Waals surface area contributed by atoms with Crippen molar-refractivity contribution in [1.29, 1.82) is 0 Å². The van der Waals surface area contributed by atoms with E-state index in [2.05, 4.69) is 5.32 Å². The molecule has 2 fully saturated rings. The normalized spacial score (nSPS) is 20.7. The van der Waals surface area contributed by atoms with Gasteiger partial charge in [0.25, 0.3) is 5.91 Å². The predicted molar refractivity (Wildman–Crippen MR) is 101 cm³/mol. The summed E-state index contributed by atoms with van der Waals surface area (Å²) in [6.45, 7) is 2.50. The van der Waals surface area contributed by atoms with Gasteiger partial charge < -0.3 is 15.0 Å². The second-order valence-electron chi connectivity index (χ2n) is 6.60. The van der Waals surface area contributed by atoms with Crippen LogP contribution in [0.5, 0.6) is 0 Å². The van der Waals surface area contributed by atoms with E-state index >= 15 is 0 Å². The Hall–Kier alpha value is -1.26. The Morgan fingerprint density at radius 2 is 1.67 bits per heavy atom. The van der Waals surface area contributed by atoms with Crippen LogP contribution in [0.2, 0.25) is 0 Å². The van der Waals surface area contributed by atoms with Crippen molar-refractivity contribution in [2.45, 2.75) is 23.3 Å². The van der Waals surface area contributed by atoms with Crippen molar-refractivity contribution in [3.05, 3.63) is 30.1 Å². The minimum Gasteiger partial charge on any atom is -0.368 e. The molecule has 0 bridgehead atoms. The molecule has 0 aromatic heterocycles. The number of nitrogens with one attached hydrogen (secondary N) is 1. The Labute approximate surface area is 165 Å². The highest BCUT2D eigenvalue weighted by Gasteiger charge is 2.43. The number of halogens is 2. The lowest BCUT2D eigenvalue weighted by Crippen LogP contribution is -2.59. The highest BCUT2D eigenvalue weighted by atomic mass is 35.5. The number of rotatable bonds is 4. The predicted octanol–water partition coefficient (Wildman–Crippen LogP) is 0.849. The van der Waals surface area contributed by atoms with E-state index in [1.54, 1.807) is 12.0 Å². The molecule has 2 aliphatic heterocycles. The summed E-state index contributed by atoms with van der Waals surface area (Å²) in [4.78, 5) is 14.7. The standard InChI is InChI=1S/C17H24FN3O4S.ClH/c1-25-17(6-8-19-9-7-17)16(22)20-10-12-21(13-11-20)26(23,24)15-4-2-14(18)3-5-15;/h2-5,19H,6-13H2,1H3;1H. The van der Waals surface area contributed by atoms with Crippen LogP contribution in [0, 0.1) is 5.82 Å². The number of carbonyl (C=O) groups is 1. The molecule has 1 N–H and O–H groups in total. The van der Waals surface area contributed by atoms with Gasteiger partial charge in [0.1, 0.15) is 11.4 Å². The highest BCUT2D eigenvalue weighted by Crippen LogP contribution is 2.26. The van der Waals surface area contributed by atoms with E-state index in [1.165, 1.54) is 16.4 Å². The topological polar surface area (TPSA) is 79.0 Å². The lowest BCUT2D eigenvalue weighted by Gasteiger charge is -2.41. The molecule has 1 aromatic rings. The fraction of sp³-hybridized carbons (Fsp3) is 0.588. The number of sulfonamides is 1. The summed E-state index contributed by atoms with van der Waals surface area (Å²) >= 11 is 0. The molecule has 3 rings (SSSR count). The number of ether oxygens (including phenoxy) is 1. The summed E-state index contributed by atoms with van der Waals surface area (Å²) in [5.74, 6) is -0.550. The van der Waals surface area contributed by atoms with Crippen molar-refractivity contribution in [3.63, 3.8) is 0 Å². The Balaban J connectivity index is 0.00000261. The Morgan fingerprint density at radius 3 is 2.19 bits per heavy atom. The number of carbonyl (C=O) groups excluding carboxylic acids is 1. The number of piperidine rings is 1. The van der Waals surface area contributed by atoms with Crippen LogP contribution in [0.1, 0.15) is 12.8 Å². The number of benzene rings is 1. The van der Waals surface area contributed by atoms with Gasteiger partial charge in [0.05, 0.1) is 4.90 Å². The third kappa shape index (κ3) is 4.43. The van der Waals surface area contributed by atoms with E-state index in [0.717, 1.165) is 25.2 Å². The van der Waals surface area contributed by atoms with Crippen molar-refractivity contribution in [3.8, 4) is 0 Å². The molecule has 1 aromatic carbocycles.